The van der Waals surface area contributed by atoms with Gasteiger partial charge in [-0.2, -0.15) is 0 Å². The van der Waals surface area contributed by atoms with Crippen molar-refractivity contribution >= 4 is 16.4 Å². The van der Waals surface area contributed by atoms with Crippen molar-refractivity contribution < 1.29 is 4.21 Å². The summed E-state index contributed by atoms with van der Waals surface area (Å²) in [4.78, 5) is 2.10. The Morgan fingerprint density at radius 1 is 1.29 bits per heavy atom. The molecule has 1 N–H and O–H groups in total. The molecule has 2 heterocycles. The first-order valence-electron chi connectivity index (χ1n) is 4.82. The van der Waals surface area contributed by atoms with Crippen LogP contribution in [0.3, 0.4) is 0 Å². The SMILES string of the molecule is O=S1C2=C(CCNC2)c2ccccc21. The number of fused-ring (bicyclic) bond motifs is 2. The Morgan fingerprint density at radius 2 is 2.14 bits per heavy atom. The molecule has 72 valence electrons. The highest BCUT2D eigenvalue weighted by molar-refractivity contribution is 7.89. The minimum atomic E-state index is -0.897. The van der Waals surface area contributed by atoms with Crippen LogP contribution in [0.5, 0.6) is 0 Å². The monoisotopic (exact) mass is 205 g/mol. The van der Waals surface area contributed by atoms with Crippen molar-refractivity contribution in [3.63, 3.8) is 0 Å². The lowest BCUT2D eigenvalue weighted by Gasteiger charge is -2.14. The van der Waals surface area contributed by atoms with Gasteiger partial charge in [-0.05, 0) is 30.2 Å². The van der Waals surface area contributed by atoms with Crippen molar-refractivity contribution in [1.29, 1.82) is 0 Å². The molecule has 14 heavy (non-hydrogen) atoms. The van der Waals surface area contributed by atoms with E-state index in [-0.39, 0.29) is 0 Å². The lowest BCUT2D eigenvalue weighted by molar-refractivity contribution is 0.682. The summed E-state index contributed by atoms with van der Waals surface area (Å²) in [5, 5.41) is 3.27. The number of benzene rings is 1. The van der Waals surface area contributed by atoms with Gasteiger partial charge in [-0.3, -0.25) is 0 Å². The lowest BCUT2D eigenvalue weighted by atomic mass is 10.0. The molecule has 1 aromatic rings. The Bertz CT molecular complexity index is 450. The zero-order valence-electron chi connectivity index (χ0n) is 7.75. The second-order valence-corrected chi connectivity index (χ2v) is 5.06. The normalized spacial score (nSPS) is 24.7. The molecule has 1 unspecified atom stereocenters. The second kappa shape index (κ2) is 3.04. The van der Waals surface area contributed by atoms with Gasteiger partial charge in [-0.15, -0.1) is 0 Å². The van der Waals surface area contributed by atoms with Gasteiger partial charge in [-0.25, -0.2) is 4.21 Å². The van der Waals surface area contributed by atoms with Crippen LogP contribution < -0.4 is 5.32 Å². The van der Waals surface area contributed by atoms with E-state index in [1.54, 1.807) is 0 Å². The molecule has 0 fully saturated rings. The maximum Gasteiger partial charge on any atom is 0.0830 e. The van der Waals surface area contributed by atoms with Crippen LogP contribution in [0.1, 0.15) is 12.0 Å². The van der Waals surface area contributed by atoms with E-state index in [4.69, 9.17) is 0 Å². The molecule has 2 aliphatic heterocycles. The Balaban J connectivity index is 2.23. The quantitative estimate of drug-likeness (QED) is 0.695. The summed E-state index contributed by atoms with van der Waals surface area (Å²) in [6, 6.07) is 8.04. The van der Waals surface area contributed by atoms with E-state index in [9.17, 15) is 4.21 Å². The third-order valence-electron chi connectivity index (χ3n) is 2.81. The first-order valence-corrected chi connectivity index (χ1v) is 5.97. The van der Waals surface area contributed by atoms with Crippen molar-refractivity contribution in [2.45, 2.75) is 11.3 Å². The van der Waals surface area contributed by atoms with Crippen LogP contribution in [0.25, 0.3) is 5.57 Å². The molecule has 2 nitrogen and oxygen atoms in total. The van der Waals surface area contributed by atoms with Gasteiger partial charge >= 0.3 is 0 Å². The Labute approximate surface area is 85.5 Å². The van der Waals surface area contributed by atoms with Gasteiger partial charge in [0.15, 0.2) is 0 Å². The minimum Gasteiger partial charge on any atom is -0.312 e. The predicted octanol–water partition coefficient (Wildman–Crippen LogP) is 1.51. The maximum absolute atomic E-state index is 12.0. The molecule has 1 aromatic carbocycles. The molecule has 0 amide bonds. The molecular formula is C11H11NOS. The molecule has 0 bridgehead atoms. The van der Waals surface area contributed by atoms with Crippen molar-refractivity contribution in [1.82, 2.24) is 5.32 Å². The van der Waals surface area contributed by atoms with Crippen LogP contribution in [0, 0.1) is 0 Å². The molecule has 0 aliphatic carbocycles. The fourth-order valence-corrected chi connectivity index (χ4v) is 3.66. The molecular weight excluding hydrogens is 194 g/mol. The van der Waals surface area contributed by atoms with Crippen LogP contribution in [0.4, 0.5) is 0 Å². The van der Waals surface area contributed by atoms with Gasteiger partial charge in [0.25, 0.3) is 0 Å². The van der Waals surface area contributed by atoms with E-state index in [0.717, 1.165) is 29.3 Å². The summed E-state index contributed by atoms with van der Waals surface area (Å²) in [5.74, 6) is 0. The van der Waals surface area contributed by atoms with Crippen LogP contribution >= 0.6 is 0 Å². The zero-order valence-corrected chi connectivity index (χ0v) is 8.56. The molecule has 3 heteroatoms. The van der Waals surface area contributed by atoms with E-state index < -0.39 is 10.8 Å². The van der Waals surface area contributed by atoms with Gasteiger partial charge in [-0.1, -0.05) is 18.2 Å². The molecule has 0 saturated heterocycles. The van der Waals surface area contributed by atoms with Gasteiger partial charge in [0.05, 0.1) is 15.7 Å². The van der Waals surface area contributed by atoms with Crippen molar-refractivity contribution in [3.8, 4) is 0 Å². The molecule has 3 rings (SSSR count). The summed E-state index contributed by atoms with van der Waals surface area (Å²) in [5.41, 5.74) is 2.53. The van der Waals surface area contributed by atoms with Crippen LogP contribution in [0.15, 0.2) is 34.1 Å². The molecule has 0 saturated carbocycles. The fraction of sp³-hybridized carbons (Fsp3) is 0.273. The average molecular weight is 205 g/mol. The molecule has 0 aromatic heterocycles. The summed E-state index contributed by atoms with van der Waals surface area (Å²) in [6.45, 7) is 1.79. The van der Waals surface area contributed by atoms with Crippen LogP contribution in [0.2, 0.25) is 0 Å². The van der Waals surface area contributed by atoms with E-state index in [0.29, 0.717) is 0 Å². The van der Waals surface area contributed by atoms with E-state index in [2.05, 4.69) is 11.4 Å². The van der Waals surface area contributed by atoms with E-state index in [1.807, 2.05) is 18.2 Å². The Morgan fingerprint density at radius 3 is 3.07 bits per heavy atom. The minimum absolute atomic E-state index is 0.788. The Hall–Kier alpha value is -0.930. The predicted molar refractivity (Wildman–Crippen MR) is 57.3 cm³/mol. The highest BCUT2D eigenvalue weighted by Gasteiger charge is 2.29. The zero-order chi connectivity index (χ0) is 9.54. The summed E-state index contributed by atoms with van der Waals surface area (Å²) in [7, 11) is -0.897. The highest BCUT2D eigenvalue weighted by atomic mass is 32.2. The van der Waals surface area contributed by atoms with Crippen LogP contribution in [-0.2, 0) is 10.8 Å². The van der Waals surface area contributed by atoms with Crippen LogP contribution in [-0.4, -0.2) is 17.3 Å². The third kappa shape index (κ3) is 1.03. The van der Waals surface area contributed by atoms with Crippen molar-refractivity contribution in [2.75, 3.05) is 13.1 Å². The fourth-order valence-electron chi connectivity index (χ4n) is 2.13. The number of hydrogen-bond acceptors (Lipinski definition) is 2. The number of nitrogens with one attached hydrogen (secondary N) is 1. The van der Waals surface area contributed by atoms with Gasteiger partial charge < -0.3 is 5.32 Å². The molecule has 0 radical (unpaired) electrons. The molecule has 0 spiro atoms. The first kappa shape index (κ1) is 8.38. The lowest BCUT2D eigenvalue weighted by Crippen LogP contribution is -2.24. The number of rotatable bonds is 0. The number of hydrogen-bond donors (Lipinski definition) is 1. The second-order valence-electron chi connectivity index (χ2n) is 3.59. The third-order valence-corrected chi connectivity index (χ3v) is 4.40. The largest absolute Gasteiger partial charge is 0.312 e. The summed E-state index contributed by atoms with van der Waals surface area (Å²) >= 11 is 0. The summed E-state index contributed by atoms with van der Waals surface area (Å²) in [6.07, 6.45) is 1.01. The molecule has 1 atom stereocenters. The van der Waals surface area contributed by atoms with Gasteiger partial charge in [0.1, 0.15) is 0 Å². The topological polar surface area (TPSA) is 29.1 Å². The smallest absolute Gasteiger partial charge is 0.0830 e. The first-order chi connectivity index (χ1) is 6.88. The highest BCUT2D eigenvalue weighted by Crippen LogP contribution is 2.38. The maximum atomic E-state index is 12.0. The average Bonchev–Trinajstić information content (AvgIpc) is 2.55. The van der Waals surface area contributed by atoms with Crippen molar-refractivity contribution in [2.24, 2.45) is 0 Å². The van der Waals surface area contributed by atoms with E-state index >= 15 is 0 Å². The Kier molecular flexibility index (Phi) is 1.82. The van der Waals surface area contributed by atoms with Gasteiger partial charge in [0.2, 0.25) is 0 Å². The van der Waals surface area contributed by atoms with E-state index in [1.165, 1.54) is 11.1 Å². The summed E-state index contributed by atoms with van der Waals surface area (Å²) < 4.78 is 12.0. The molecule has 2 aliphatic rings. The standard InChI is InChI=1S/C11H11NOS/c13-14-10-4-2-1-3-8(10)9-5-6-12-7-11(9)14/h1-4,12H,5-7H2. The van der Waals surface area contributed by atoms with Gasteiger partial charge in [0, 0.05) is 11.4 Å². The van der Waals surface area contributed by atoms with Crippen molar-refractivity contribution in [3.05, 3.63) is 34.7 Å².